The number of halogens is 1. The lowest BCUT2D eigenvalue weighted by Crippen LogP contribution is -2.52. The van der Waals surface area contributed by atoms with E-state index in [0.29, 0.717) is 28.6 Å². The minimum Gasteiger partial charge on any atom is -0.454 e. The fraction of sp³-hybridized carbons (Fsp3) is 0.394. The topological polar surface area (TPSA) is 105 Å². The second-order valence-electron chi connectivity index (χ2n) is 11.3. The van der Waals surface area contributed by atoms with Crippen LogP contribution in [0.15, 0.2) is 72.8 Å². The minimum absolute atomic E-state index is 0.0408. The third-order valence-corrected chi connectivity index (χ3v) is 9.44. The van der Waals surface area contributed by atoms with Crippen molar-refractivity contribution in [2.75, 3.05) is 23.9 Å². The largest absolute Gasteiger partial charge is 0.454 e. The molecular weight excluding hydrogens is 602 g/mol. The summed E-state index contributed by atoms with van der Waals surface area (Å²) in [5.74, 6) is 0.590. The van der Waals surface area contributed by atoms with E-state index in [4.69, 9.17) is 21.1 Å². The van der Waals surface area contributed by atoms with Crippen molar-refractivity contribution in [1.82, 2.24) is 10.2 Å². The fourth-order valence-electron chi connectivity index (χ4n) is 5.80. The zero-order chi connectivity index (χ0) is 31.1. The van der Waals surface area contributed by atoms with E-state index in [-0.39, 0.29) is 50.6 Å². The summed E-state index contributed by atoms with van der Waals surface area (Å²) in [6.07, 6.45) is 5.75. The Bertz CT molecular complexity index is 1560. The predicted octanol–water partition coefficient (Wildman–Crippen LogP) is 5.31. The van der Waals surface area contributed by atoms with Gasteiger partial charge in [0.05, 0.1) is 11.9 Å². The van der Waals surface area contributed by atoms with Gasteiger partial charge < -0.3 is 19.7 Å². The van der Waals surface area contributed by atoms with Crippen LogP contribution >= 0.6 is 11.6 Å². The number of hydrogen-bond acceptors (Lipinski definition) is 6. The molecular formula is C33H38ClN3O6S. The van der Waals surface area contributed by atoms with Crippen molar-refractivity contribution in [1.29, 1.82) is 0 Å². The highest BCUT2D eigenvalue weighted by molar-refractivity contribution is 7.92. The summed E-state index contributed by atoms with van der Waals surface area (Å²) in [6, 6.07) is 21.2. The summed E-state index contributed by atoms with van der Waals surface area (Å²) in [7, 11) is -3.66. The first-order valence-corrected chi connectivity index (χ1v) is 17.2. The number of nitrogens with zero attached hydrogens (tertiary/aromatic N) is 2. The SMILES string of the molecule is CS(=O)(=O)N(CCCC(=O)N(Cc1cccc(Cl)c1)C(Cc1ccccc1)C(=O)NC1CCCC1)c1ccc2c(c1)OCO2. The molecule has 0 radical (unpaired) electrons. The van der Waals surface area contributed by atoms with Gasteiger partial charge in [0, 0.05) is 43.1 Å². The number of ether oxygens (including phenoxy) is 2. The molecule has 2 amide bonds. The van der Waals surface area contributed by atoms with Gasteiger partial charge in [0.15, 0.2) is 11.5 Å². The van der Waals surface area contributed by atoms with E-state index in [9.17, 15) is 18.0 Å². The molecule has 11 heteroatoms. The van der Waals surface area contributed by atoms with Gasteiger partial charge in [0.1, 0.15) is 6.04 Å². The molecule has 234 valence electrons. The van der Waals surface area contributed by atoms with Gasteiger partial charge in [-0.2, -0.15) is 0 Å². The van der Waals surface area contributed by atoms with Crippen molar-refractivity contribution in [3.63, 3.8) is 0 Å². The third-order valence-electron chi connectivity index (χ3n) is 8.01. The molecule has 1 atom stereocenters. The fourth-order valence-corrected chi connectivity index (χ4v) is 6.97. The predicted molar refractivity (Wildman–Crippen MR) is 170 cm³/mol. The number of amides is 2. The molecule has 44 heavy (non-hydrogen) atoms. The minimum atomic E-state index is -3.66. The summed E-state index contributed by atoms with van der Waals surface area (Å²) in [6.45, 7) is 0.340. The quantitative estimate of drug-likeness (QED) is 0.272. The van der Waals surface area contributed by atoms with Gasteiger partial charge in [0.25, 0.3) is 0 Å². The first kappa shape index (κ1) is 31.7. The molecule has 0 saturated heterocycles. The lowest BCUT2D eigenvalue weighted by Gasteiger charge is -2.33. The van der Waals surface area contributed by atoms with Gasteiger partial charge in [-0.05, 0) is 54.7 Å². The van der Waals surface area contributed by atoms with Crippen LogP contribution in [-0.4, -0.2) is 56.8 Å². The number of rotatable bonds is 13. The zero-order valence-corrected chi connectivity index (χ0v) is 26.4. The zero-order valence-electron chi connectivity index (χ0n) is 24.8. The molecule has 1 fully saturated rings. The van der Waals surface area contributed by atoms with Crippen LogP contribution < -0.4 is 19.1 Å². The smallest absolute Gasteiger partial charge is 0.243 e. The summed E-state index contributed by atoms with van der Waals surface area (Å²) in [5, 5.41) is 3.74. The van der Waals surface area contributed by atoms with E-state index in [2.05, 4.69) is 5.32 Å². The molecule has 1 N–H and O–H groups in total. The van der Waals surface area contributed by atoms with E-state index < -0.39 is 16.1 Å². The van der Waals surface area contributed by atoms with Crippen LogP contribution in [0.25, 0.3) is 0 Å². The van der Waals surface area contributed by atoms with Crippen molar-refractivity contribution in [3.05, 3.63) is 88.9 Å². The highest BCUT2D eigenvalue weighted by Gasteiger charge is 2.32. The molecule has 1 aliphatic carbocycles. The number of carbonyl (C=O) groups excluding carboxylic acids is 2. The maximum Gasteiger partial charge on any atom is 0.243 e. The Balaban J connectivity index is 1.38. The first-order valence-electron chi connectivity index (χ1n) is 14.9. The number of nitrogens with one attached hydrogen (secondary N) is 1. The second-order valence-corrected chi connectivity index (χ2v) is 13.7. The summed E-state index contributed by atoms with van der Waals surface area (Å²) >= 11 is 6.29. The summed E-state index contributed by atoms with van der Waals surface area (Å²) in [5.41, 5.74) is 2.17. The van der Waals surface area contributed by atoms with Gasteiger partial charge in [-0.3, -0.25) is 13.9 Å². The number of benzene rings is 3. The number of anilines is 1. The maximum atomic E-state index is 14.0. The van der Waals surface area contributed by atoms with Crippen LogP contribution in [0.5, 0.6) is 11.5 Å². The maximum absolute atomic E-state index is 14.0. The van der Waals surface area contributed by atoms with Crippen molar-refractivity contribution in [3.8, 4) is 11.5 Å². The van der Waals surface area contributed by atoms with E-state index in [1.54, 1.807) is 35.2 Å². The van der Waals surface area contributed by atoms with Gasteiger partial charge >= 0.3 is 0 Å². The Labute approximate surface area is 264 Å². The van der Waals surface area contributed by atoms with E-state index in [0.717, 1.165) is 43.1 Å². The normalized spacial score (nSPS) is 15.1. The monoisotopic (exact) mass is 639 g/mol. The van der Waals surface area contributed by atoms with Crippen molar-refractivity contribution in [2.45, 2.75) is 63.6 Å². The Kier molecular flexibility index (Phi) is 10.3. The molecule has 3 aromatic rings. The molecule has 1 aliphatic heterocycles. The highest BCUT2D eigenvalue weighted by Crippen LogP contribution is 2.36. The first-order chi connectivity index (χ1) is 21.2. The lowest BCUT2D eigenvalue weighted by molar-refractivity contribution is -0.141. The molecule has 1 heterocycles. The van der Waals surface area contributed by atoms with Gasteiger partial charge in [-0.15, -0.1) is 0 Å². The van der Waals surface area contributed by atoms with Gasteiger partial charge in [-0.25, -0.2) is 8.42 Å². The van der Waals surface area contributed by atoms with Crippen LogP contribution in [0.3, 0.4) is 0 Å². The average Bonchev–Trinajstić information content (AvgIpc) is 3.69. The Hall–Kier alpha value is -3.76. The molecule has 0 spiro atoms. The Morgan fingerprint density at radius 1 is 0.955 bits per heavy atom. The van der Waals surface area contributed by atoms with Crippen LogP contribution in [0.4, 0.5) is 5.69 Å². The average molecular weight is 640 g/mol. The van der Waals surface area contributed by atoms with Crippen LogP contribution in [0.2, 0.25) is 5.02 Å². The highest BCUT2D eigenvalue weighted by atomic mass is 35.5. The van der Waals surface area contributed by atoms with Crippen molar-refractivity contribution >= 4 is 39.1 Å². The molecule has 0 aromatic heterocycles. The summed E-state index contributed by atoms with van der Waals surface area (Å²) in [4.78, 5) is 29.5. The lowest BCUT2D eigenvalue weighted by atomic mass is 10.0. The third kappa shape index (κ3) is 8.24. The van der Waals surface area contributed by atoms with Crippen LogP contribution in [0, 0.1) is 0 Å². The number of sulfonamides is 1. The molecule has 1 unspecified atom stereocenters. The Morgan fingerprint density at radius 2 is 1.68 bits per heavy atom. The van der Waals surface area contributed by atoms with E-state index in [1.807, 2.05) is 42.5 Å². The number of carbonyl (C=O) groups is 2. The van der Waals surface area contributed by atoms with Crippen LogP contribution in [-0.2, 0) is 32.6 Å². The summed E-state index contributed by atoms with van der Waals surface area (Å²) < 4.78 is 37.6. The molecule has 0 bridgehead atoms. The van der Waals surface area contributed by atoms with E-state index >= 15 is 0 Å². The van der Waals surface area contributed by atoms with E-state index in [1.165, 1.54) is 4.31 Å². The van der Waals surface area contributed by atoms with Gasteiger partial charge in [-0.1, -0.05) is 66.9 Å². The van der Waals surface area contributed by atoms with Crippen LogP contribution in [0.1, 0.15) is 49.7 Å². The second kappa shape index (κ2) is 14.3. The van der Waals surface area contributed by atoms with Crippen molar-refractivity contribution < 1.29 is 27.5 Å². The number of fused-ring (bicyclic) bond motifs is 1. The molecule has 5 rings (SSSR count). The molecule has 3 aromatic carbocycles. The molecule has 2 aliphatic rings. The molecule has 9 nitrogen and oxygen atoms in total. The number of hydrogen-bond donors (Lipinski definition) is 1. The van der Waals surface area contributed by atoms with Crippen molar-refractivity contribution in [2.24, 2.45) is 0 Å². The Morgan fingerprint density at radius 3 is 2.41 bits per heavy atom. The standard InChI is InChI=1S/C33H38ClN3O6S/c1-44(40,41)37(28-16-17-30-31(21-28)43-23-42-30)18-8-15-32(38)36(22-25-11-7-12-26(34)19-25)29(20-24-9-3-2-4-10-24)33(39)35-27-13-5-6-14-27/h2-4,7,9-12,16-17,19,21,27,29H,5-6,8,13-15,18,20,22-23H2,1H3,(H,35,39). The van der Waals surface area contributed by atoms with Gasteiger partial charge in [0.2, 0.25) is 28.6 Å². The molecule has 1 saturated carbocycles.